The van der Waals surface area contributed by atoms with Gasteiger partial charge in [0, 0.05) is 19.3 Å². The topological polar surface area (TPSA) is 45.1 Å². The van der Waals surface area contributed by atoms with E-state index in [0.717, 1.165) is 31.5 Å². The number of aromatic nitrogens is 1. The summed E-state index contributed by atoms with van der Waals surface area (Å²) in [4.78, 5) is 4.19. The predicted octanol–water partition coefficient (Wildman–Crippen LogP) is 1.72. The molecule has 0 radical (unpaired) electrons. The lowest BCUT2D eigenvalue weighted by molar-refractivity contribution is 0.158. The third-order valence-corrected chi connectivity index (χ3v) is 2.30. The van der Waals surface area contributed by atoms with Crippen LogP contribution in [0.3, 0.4) is 0 Å². The SMILES string of the molecule is CCCCC(O)CNCc1ccccn1. The number of nitrogens with zero attached hydrogens (tertiary/aromatic N) is 1. The van der Waals surface area contributed by atoms with E-state index in [1.54, 1.807) is 6.20 Å². The Morgan fingerprint density at radius 3 is 3.00 bits per heavy atom. The lowest BCUT2D eigenvalue weighted by Crippen LogP contribution is -2.26. The molecule has 1 rings (SSSR count). The Hall–Kier alpha value is -0.930. The summed E-state index contributed by atoms with van der Waals surface area (Å²) >= 11 is 0. The summed E-state index contributed by atoms with van der Waals surface area (Å²) in [6.45, 7) is 3.51. The van der Waals surface area contributed by atoms with Crippen LogP contribution in [0.1, 0.15) is 31.9 Å². The van der Waals surface area contributed by atoms with Gasteiger partial charge in [-0.25, -0.2) is 0 Å². The Morgan fingerprint density at radius 1 is 1.47 bits per heavy atom. The maximum absolute atomic E-state index is 9.58. The van der Waals surface area contributed by atoms with Gasteiger partial charge in [-0.15, -0.1) is 0 Å². The number of aliphatic hydroxyl groups is 1. The smallest absolute Gasteiger partial charge is 0.0664 e. The highest BCUT2D eigenvalue weighted by atomic mass is 16.3. The van der Waals surface area contributed by atoms with Gasteiger partial charge < -0.3 is 10.4 Å². The number of hydrogen-bond acceptors (Lipinski definition) is 3. The molecular weight excluding hydrogens is 188 g/mol. The van der Waals surface area contributed by atoms with Gasteiger partial charge in [0.15, 0.2) is 0 Å². The van der Waals surface area contributed by atoms with Crippen LogP contribution >= 0.6 is 0 Å². The van der Waals surface area contributed by atoms with E-state index in [-0.39, 0.29) is 6.10 Å². The molecule has 1 heterocycles. The molecule has 2 N–H and O–H groups in total. The fourth-order valence-electron chi connectivity index (χ4n) is 1.41. The predicted molar refractivity (Wildman–Crippen MR) is 61.5 cm³/mol. The van der Waals surface area contributed by atoms with E-state index in [1.165, 1.54) is 0 Å². The highest BCUT2D eigenvalue weighted by Gasteiger charge is 2.02. The average Bonchev–Trinajstić information content (AvgIpc) is 2.28. The number of rotatable bonds is 7. The minimum Gasteiger partial charge on any atom is -0.392 e. The molecule has 0 amide bonds. The Bertz CT molecular complexity index is 251. The van der Waals surface area contributed by atoms with Crippen molar-refractivity contribution in [2.24, 2.45) is 0 Å². The Kier molecular flexibility index (Phi) is 5.97. The quantitative estimate of drug-likeness (QED) is 0.717. The molecule has 0 aliphatic heterocycles. The van der Waals surface area contributed by atoms with Crippen LogP contribution in [0.25, 0.3) is 0 Å². The van der Waals surface area contributed by atoms with Crippen LogP contribution in [0.15, 0.2) is 24.4 Å². The first-order chi connectivity index (χ1) is 7.33. The second kappa shape index (κ2) is 7.37. The fraction of sp³-hybridized carbons (Fsp3) is 0.583. The standard InChI is InChI=1S/C12H20N2O/c1-2-3-7-12(15)10-13-9-11-6-4-5-8-14-11/h4-6,8,12-13,15H,2-3,7,9-10H2,1H3. The summed E-state index contributed by atoms with van der Waals surface area (Å²) in [5.41, 5.74) is 1.01. The van der Waals surface area contributed by atoms with E-state index in [0.29, 0.717) is 6.54 Å². The van der Waals surface area contributed by atoms with E-state index in [2.05, 4.69) is 17.2 Å². The van der Waals surface area contributed by atoms with Gasteiger partial charge in [-0.05, 0) is 18.6 Å². The molecular formula is C12H20N2O. The lowest BCUT2D eigenvalue weighted by Gasteiger charge is -2.10. The summed E-state index contributed by atoms with van der Waals surface area (Å²) in [6.07, 6.45) is 4.66. The number of hydrogen-bond donors (Lipinski definition) is 2. The van der Waals surface area contributed by atoms with Crippen LogP contribution in [-0.4, -0.2) is 22.7 Å². The van der Waals surface area contributed by atoms with Crippen LogP contribution in [-0.2, 0) is 6.54 Å². The van der Waals surface area contributed by atoms with Crippen LogP contribution in [0, 0.1) is 0 Å². The number of nitrogens with one attached hydrogen (secondary N) is 1. The molecule has 0 bridgehead atoms. The molecule has 0 aromatic carbocycles. The minimum atomic E-state index is -0.228. The monoisotopic (exact) mass is 208 g/mol. The number of aliphatic hydroxyl groups excluding tert-OH is 1. The largest absolute Gasteiger partial charge is 0.392 e. The van der Waals surface area contributed by atoms with E-state index in [1.807, 2.05) is 18.2 Å². The van der Waals surface area contributed by atoms with E-state index < -0.39 is 0 Å². The van der Waals surface area contributed by atoms with Gasteiger partial charge in [-0.3, -0.25) is 4.98 Å². The van der Waals surface area contributed by atoms with Gasteiger partial charge in [0.25, 0.3) is 0 Å². The van der Waals surface area contributed by atoms with Crippen LogP contribution < -0.4 is 5.32 Å². The highest BCUT2D eigenvalue weighted by Crippen LogP contribution is 1.99. The molecule has 1 atom stereocenters. The normalized spacial score (nSPS) is 12.7. The fourth-order valence-corrected chi connectivity index (χ4v) is 1.41. The molecule has 15 heavy (non-hydrogen) atoms. The third kappa shape index (κ3) is 5.50. The first-order valence-corrected chi connectivity index (χ1v) is 5.61. The van der Waals surface area contributed by atoms with Crippen LogP contribution in [0.5, 0.6) is 0 Å². The molecule has 1 unspecified atom stereocenters. The Balaban J connectivity index is 2.11. The van der Waals surface area contributed by atoms with E-state index in [9.17, 15) is 5.11 Å². The molecule has 3 heteroatoms. The van der Waals surface area contributed by atoms with E-state index in [4.69, 9.17) is 0 Å². The molecule has 0 saturated carbocycles. The zero-order valence-electron chi connectivity index (χ0n) is 9.32. The highest BCUT2D eigenvalue weighted by molar-refractivity contribution is 5.02. The van der Waals surface area contributed by atoms with Gasteiger partial charge in [0.05, 0.1) is 11.8 Å². The summed E-state index contributed by atoms with van der Waals surface area (Å²) in [7, 11) is 0. The van der Waals surface area contributed by atoms with Gasteiger partial charge in [-0.1, -0.05) is 25.8 Å². The molecule has 1 aromatic rings. The third-order valence-electron chi connectivity index (χ3n) is 2.30. The first kappa shape index (κ1) is 12.1. The van der Waals surface area contributed by atoms with Crippen molar-refractivity contribution in [3.05, 3.63) is 30.1 Å². The van der Waals surface area contributed by atoms with Crippen molar-refractivity contribution in [2.75, 3.05) is 6.54 Å². The van der Waals surface area contributed by atoms with Gasteiger partial charge in [0.2, 0.25) is 0 Å². The molecule has 84 valence electrons. The molecule has 3 nitrogen and oxygen atoms in total. The van der Waals surface area contributed by atoms with Crippen molar-refractivity contribution in [3.63, 3.8) is 0 Å². The summed E-state index contributed by atoms with van der Waals surface area (Å²) < 4.78 is 0. The minimum absolute atomic E-state index is 0.228. The van der Waals surface area contributed by atoms with Gasteiger partial charge >= 0.3 is 0 Å². The molecule has 0 aliphatic rings. The second-order valence-electron chi connectivity index (χ2n) is 3.75. The zero-order valence-corrected chi connectivity index (χ0v) is 9.32. The maximum atomic E-state index is 9.58. The van der Waals surface area contributed by atoms with Crippen molar-refractivity contribution < 1.29 is 5.11 Å². The maximum Gasteiger partial charge on any atom is 0.0664 e. The second-order valence-corrected chi connectivity index (χ2v) is 3.75. The summed E-state index contributed by atoms with van der Waals surface area (Å²) in [6, 6.07) is 5.85. The Morgan fingerprint density at radius 2 is 2.33 bits per heavy atom. The van der Waals surface area contributed by atoms with E-state index >= 15 is 0 Å². The molecule has 0 aliphatic carbocycles. The van der Waals surface area contributed by atoms with Crippen LogP contribution in [0.4, 0.5) is 0 Å². The zero-order chi connectivity index (χ0) is 10.9. The van der Waals surface area contributed by atoms with Crippen molar-refractivity contribution in [2.45, 2.75) is 38.8 Å². The van der Waals surface area contributed by atoms with Crippen molar-refractivity contribution >= 4 is 0 Å². The molecule has 0 saturated heterocycles. The molecule has 0 spiro atoms. The average molecular weight is 208 g/mol. The molecule has 0 fully saturated rings. The van der Waals surface area contributed by atoms with Crippen molar-refractivity contribution in [1.82, 2.24) is 10.3 Å². The van der Waals surface area contributed by atoms with Gasteiger partial charge in [-0.2, -0.15) is 0 Å². The summed E-state index contributed by atoms with van der Waals surface area (Å²) in [5, 5.41) is 12.8. The first-order valence-electron chi connectivity index (χ1n) is 5.61. The number of pyridine rings is 1. The summed E-state index contributed by atoms with van der Waals surface area (Å²) in [5.74, 6) is 0. The van der Waals surface area contributed by atoms with Crippen molar-refractivity contribution in [3.8, 4) is 0 Å². The number of unbranched alkanes of at least 4 members (excludes halogenated alkanes) is 1. The lowest BCUT2D eigenvalue weighted by atomic mass is 10.1. The van der Waals surface area contributed by atoms with Gasteiger partial charge in [0.1, 0.15) is 0 Å². The Labute approximate surface area is 91.5 Å². The van der Waals surface area contributed by atoms with Crippen LogP contribution in [0.2, 0.25) is 0 Å². The molecule has 1 aromatic heterocycles. The van der Waals surface area contributed by atoms with Crippen molar-refractivity contribution in [1.29, 1.82) is 0 Å².